The van der Waals surface area contributed by atoms with E-state index < -0.39 is 0 Å². The minimum Gasteiger partial charge on any atom is -0.369 e. The highest BCUT2D eigenvalue weighted by Gasteiger charge is 2.22. The molecule has 7 heteroatoms. The van der Waals surface area contributed by atoms with Gasteiger partial charge >= 0.3 is 6.03 Å². The Morgan fingerprint density at radius 1 is 1.41 bits per heavy atom. The number of nitrogens with two attached hydrogens (primary N) is 1. The van der Waals surface area contributed by atoms with E-state index in [2.05, 4.69) is 15.2 Å². The Morgan fingerprint density at radius 2 is 2.11 bits per heavy atom. The Hall–Kier alpha value is -2.15. The normalized spacial score (nSPS) is 16.7. The van der Waals surface area contributed by atoms with Gasteiger partial charge in [-0.15, -0.1) is 0 Å². The van der Waals surface area contributed by atoms with Gasteiger partial charge in [-0.05, 0) is 64.4 Å². The summed E-state index contributed by atoms with van der Waals surface area (Å²) in [6, 6.07) is 3.99. The van der Waals surface area contributed by atoms with E-state index in [4.69, 9.17) is 5.73 Å². The van der Waals surface area contributed by atoms with Crippen LogP contribution in [0.15, 0.2) is 18.3 Å². The first kappa shape index (κ1) is 21.2. The zero-order chi connectivity index (χ0) is 19.8. The van der Waals surface area contributed by atoms with Crippen LogP contribution in [0.3, 0.4) is 0 Å². The SMILES string of the molecule is Cc1cccnc1CC(C)N(C)C(=O)NCCCN1CCC(C(N)=O)CC1. The molecule has 7 nitrogen and oxygen atoms in total. The van der Waals surface area contributed by atoms with E-state index in [1.165, 1.54) is 0 Å². The van der Waals surface area contributed by atoms with Crippen LogP contribution in [0, 0.1) is 12.8 Å². The smallest absolute Gasteiger partial charge is 0.317 e. The monoisotopic (exact) mass is 375 g/mol. The van der Waals surface area contributed by atoms with E-state index in [1.54, 1.807) is 11.1 Å². The summed E-state index contributed by atoms with van der Waals surface area (Å²) in [6.07, 6.45) is 5.12. The first-order chi connectivity index (χ1) is 12.9. The number of urea groups is 1. The molecule has 0 bridgehead atoms. The van der Waals surface area contributed by atoms with Crippen molar-refractivity contribution in [2.24, 2.45) is 11.7 Å². The number of carbonyl (C=O) groups is 2. The van der Waals surface area contributed by atoms with Crippen LogP contribution < -0.4 is 11.1 Å². The molecule has 3 N–H and O–H groups in total. The summed E-state index contributed by atoms with van der Waals surface area (Å²) in [4.78, 5) is 32.0. The van der Waals surface area contributed by atoms with Gasteiger partial charge in [0.05, 0.1) is 0 Å². The summed E-state index contributed by atoms with van der Waals surface area (Å²) in [7, 11) is 1.83. The molecule has 1 aromatic rings. The summed E-state index contributed by atoms with van der Waals surface area (Å²) < 4.78 is 0. The Bertz CT molecular complexity index is 629. The molecule has 1 unspecified atom stereocenters. The molecule has 0 spiro atoms. The molecule has 27 heavy (non-hydrogen) atoms. The Morgan fingerprint density at radius 3 is 2.74 bits per heavy atom. The van der Waals surface area contributed by atoms with Crippen LogP contribution in [0.1, 0.15) is 37.4 Å². The first-order valence-electron chi connectivity index (χ1n) is 9.81. The first-order valence-corrected chi connectivity index (χ1v) is 9.81. The van der Waals surface area contributed by atoms with Gasteiger partial charge in [0, 0.05) is 43.9 Å². The van der Waals surface area contributed by atoms with Gasteiger partial charge < -0.3 is 20.9 Å². The number of nitrogens with zero attached hydrogens (tertiary/aromatic N) is 3. The van der Waals surface area contributed by atoms with Crippen molar-refractivity contribution in [2.75, 3.05) is 33.2 Å². The number of likely N-dealkylation sites (N-methyl/N-ethyl adjacent to an activating group) is 1. The summed E-state index contributed by atoms with van der Waals surface area (Å²) in [5.41, 5.74) is 7.55. The van der Waals surface area contributed by atoms with E-state index in [0.717, 1.165) is 56.6 Å². The number of carbonyl (C=O) groups excluding carboxylic acids is 2. The fourth-order valence-electron chi connectivity index (χ4n) is 3.41. The molecule has 2 heterocycles. The molecule has 0 saturated carbocycles. The van der Waals surface area contributed by atoms with Gasteiger partial charge in [0.15, 0.2) is 0 Å². The second kappa shape index (κ2) is 10.3. The Balaban J connectivity index is 1.65. The number of primary amides is 1. The predicted octanol–water partition coefficient (Wildman–Crippen LogP) is 1.55. The molecular formula is C20H33N5O2. The lowest BCUT2D eigenvalue weighted by Crippen LogP contribution is -2.44. The molecule has 2 rings (SSSR count). The van der Waals surface area contributed by atoms with Crippen molar-refractivity contribution in [3.8, 4) is 0 Å². The number of pyridine rings is 1. The van der Waals surface area contributed by atoms with Crippen molar-refractivity contribution < 1.29 is 9.59 Å². The predicted molar refractivity (Wildman–Crippen MR) is 106 cm³/mol. The van der Waals surface area contributed by atoms with E-state index in [0.29, 0.717) is 6.54 Å². The van der Waals surface area contributed by atoms with Crippen molar-refractivity contribution in [1.29, 1.82) is 0 Å². The van der Waals surface area contributed by atoms with Crippen molar-refractivity contribution in [3.05, 3.63) is 29.6 Å². The third kappa shape index (κ3) is 6.50. The number of hydrogen-bond donors (Lipinski definition) is 2. The molecule has 1 aliphatic heterocycles. The van der Waals surface area contributed by atoms with Crippen LogP contribution in [0.4, 0.5) is 4.79 Å². The van der Waals surface area contributed by atoms with Gasteiger partial charge in [-0.25, -0.2) is 4.79 Å². The van der Waals surface area contributed by atoms with Crippen molar-refractivity contribution in [1.82, 2.24) is 20.1 Å². The lowest BCUT2D eigenvalue weighted by molar-refractivity contribution is -0.123. The average molecular weight is 376 g/mol. The molecule has 0 aliphatic carbocycles. The maximum absolute atomic E-state index is 12.4. The fraction of sp³-hybridized carbons (Fsp3) is 0.650. The average Bonchev–Trinajstić information content (AvgIpc) is 2.66. The van der Waals surface area contributed by atoms with Gasteiger partial charge in [-0.1, -0.05) is 6.07 Å². The highest BCUT2D eigenvalue weighted by atomic mass is 16.2. The van der Waals surface area contributed by atoms with Crippen LogP contribution in [0.5, 0.6) is 0 Å². The molecule has 1 aliphatic rings. The largest absolute Gasteiger partial charge is 0.369 e. The topological polar surface area (TPSA) is 91.6 Å². The van der Waals surface area contributed by atoms with Gasteiger partial charge in [0.1, 0.15) is 0 Å². The highest BCUT2D eigenvalue weighted by Crippen LogP contribution is 2.16. The van der Waals surface area contributed by atoms with E-state index in [-0.39, 0.29) is 23.9 Å². The number of amides is 3. The fourth-order valence-corrected chi connectivity index (χ4v) is 3.41. The summed E-state index contributed by atoms with van der Waals surface area (Å²) in [6.45, 7) is 7.47. The lowest BCUT2D eigenvalue weighted by Gasteiger charge is -2.30. The Labute approximate surface area is 162 Å². The van der Waals surface area contributed by atoms with Crippen LogP contribution in [-0.4, -0.2) is 66.0 Å². The summed E-state index contributed by atoms with van der Waals surface area (Å²) >= 11 is 0. The highest BCUT2D eigenvalue weighted by molar-refractivity contribution is 5.76. The number of rotatable bonds is 8. The van der Waals surface area contributed by atoms with Crippen molar-refractivity contribution in [2.45, 2.75) is 45.6 Å². The van der Waals surface area contributed by atoms with E-state index in [1.807, 2.05) is 33.0 Å². The molecule has 0 radical (unpaired) electrons. The number of aromatic nitrogens is 1. The number of hydrogen-bond acceptors (Lipinski definition) is 4. The van der Waals surface area contributed by atoms with E-state index in [9.17, 15) is 9.59 Å². The zero-order valence-corrected chi connectivity index (χ0v) is 16.8. The van der Waals surface area contributed by atoms with Gasteiger partial charge in [-0.2, -0.15) is 0 Å². The second-order valence-electron chi connectivity index (χ2n) is 7.53. The van der Waals surface area contributed by atoms with Gasteiger partial charge in [0.2, 0.25) is 5.91 Å². The molecule has 3 amide bonds. The van der Waals surface area contributed by atoms with Gasteiger partial charge in [0.25, 0.3) is 0 Å². The zero-order valence-electron chi connectivity index (χ0n) is 16.8. The number of nitrogens with one attached hydrogen (secondary N) is 1. The standard InChI is InChI=1S/C20H33N5O2/c1-15-6-4-9-22-18(15)14-16(2)24(3)20(27)23-10-5-11-25-12-7-17(8-13-25)19(21)26/h4,6,9,16-17H,5,7-8,10-14H2,1-3H3,(H2,21,26)(H,23,27). The molecular weight excluding hydrogens is 342 g/mol. The van der Waals surface area contributed by atoms with Crippen LogP contribution in [0.25, 0.3) is 0 Å². The quantitative estimate of drug-likeness (QED) is 0.675. The van der Waals surface area contributed by atoms with Crippen molar-refractivity contribution in [3.63, 3.8) is 0 Å². The maximum atomic E-state index is 12.4. The van der Waals surface area contributed by atoms with Crippen LogP contribution >= 0.6 is 0 Å². The number of piperidine rings is 1. The third-order valence-electron chi connectivity index (χ3n) is 5.51. The number of aryl methyl sites for hydroxylation is 1. The van der Waals surface area contributed by atoms with E-state index >= 15 is 0 Å². The molecule has 1 aromatic heterocycles. The molecule has 1 atom stereocenters. The third-order valence-corrected chi connectivity index (χ3v) is 5.51. The minimum absolute atomic E-state index is 0.0267. The molecule has 1 fully saturated rings. The lowest BCUT2D eigenvalue weighted by atomic mass is 9.96. The second-order valence-corrected chi connectivity index (χ2v) is 7.53. The number of likely N-dealkylation sites (tertiary alicyclic amines) is 1. The van der Waals surface area contributed by atoms with Crippen LogP contribution in [-0.2, 0) is 11.2 Å². The van der Waals surface area contributed by atoms with Gasteiger partial charge in [-0.3, -0.25) is 9.78 Å². The minimum atomic E-state index is -0.181. The summed E-state index contributed by atoms with van der Waals surface area (Å²) in [5.74, 6) is -0.154. The van der Waals surface area contributed by atoms with Crippen LogP contribution in [0.2, 0.25) is 0 Å². The summed E-state index contributed by atoms with van der Waals surface area (Å²) in [5, 5.41) is 3.00. The maximum Gasteiger partial charge on any atom is 0.317 e. The van der Waals surface area contributed by atoms with Crippen molar-refractivity contribution >= 4 is 11.9 Å². The molecule has 1 saturated heterocycles. The molecule has 0 aromatic carbocycles. The Kier molecular flexibility index (Phi) is 8.03. The molecule has 150 valence electrons.